The van der Waals surface area contributed by atoms with Crippen LogP contribution < -0.4 is 15.6 Å². The number of fused-ring (bicyclic) bond motifs is 4. The van der Waals surface area contributed by atoms with Crippen molar-refractivity contribution in [3.63, 3.8) is 0 Å². The average Bonchev–Trinajstić information content (AvgIpc) is 3.94. The van der Waals surface area contributed by atoms with Crippen LogP contribution in [0.4, 0.5) is 20.4 Å². The number of aliphatic hydroxyl groups excluding tert-OH is 1. The number of methoxy groups -OCH3 is 1. The lowest BCUT2D eigenvalue weighted by atomic mass is 10.2. The van der Waals surface area contributed by atoms with Gasteiger partial charge in [-0.1, -0.05) is 24.3 Å². The summed E-state index contributed by atoms with van der Waals surface area (Å²) >= 11 is 0. The summed E-state index contributed by atoms with van der Waals surface area (Å²) < 4.78 is 36.3. The highest BCUT2D eigenvalue weighted by Crippen LogP contribution is 2.35. The maximum absolute atomic E-state index is 13.9. The number of anilines is 1. The molecular formula is C37H30F2N12O3. The first-order chi connectivity index (χ1) is 26.4. The summed E-state index contributed by atoms with van der Waals surface area (Å²) in [5, 5.41) is 12.1. The van der Waals surface area contributed by atoms with Crippen LogP contribution in [0.15, 0.2) is 106 Å². The summed E-state index contributed by atoms with van der Waals surface area (Å²) in [5.74, 6) is 2.64. The molecule has 7 heterocycles. The Hall–Kier alpha value is -7.14. The maximum Gasteiger partial charge on any atom is 0.248 e. The monoisotopic (exact) mass is 728 g/mol. The van der Waals surface area contributed by atoms with Gasteiger partial charge in [0.1, 0.15) is 29.6 Å². The zero-order valence-electron chi connectivity index (χ0n) is 28.6. The van der Waals surface area contributed by atoms with Gasteiger partial charge in [0.2, 0.25) is 11.4 Å². The fourth-order valence-electron chi connectivity index (χ4n) is 6.08. The van der Waals surface area contributed by atoms with Crippen molar-refractivity contribution in [3.8, 4) is 40.0 Å². The predicted octanol–water partition coefficient (Wildman–Crippen LogP) is 4.53. The summed E-state index contributed by atoms with van der Waals surface area (Å²) in [7, 11) is 1.54. The fourth-order valence-corrected chi connectivity index (χ4v) is 6.08. The second kappa shape index (κ2) is 14.5. The van der Waals surface area contributed by atoms with Crippen molar-refractivity contribution < 1.29 is 18.6 Å². The van der Waals surface area contributed by atoms with E-state index < -0.39 is 0 Å². The van der Waals surface area contributed by atoms with Gasteiger partial charge in [0, 0.05) is 42.5 Å². The van der Waals surface area contributed by atoms with E-state index in [1.807, 2.05) is 11.0 Å². The third kappa shape index (κ3) is 6.43. The van der Waals surface area contributed by atoms with Gasteiger partial charge in [-0.05, 0) is 36.4 Å². The molecule has 0 aliphatic carbocycles. The number of ether oxygens (including phenoxy) is 1. The van der Waals surface area contributed by atoms with E-state index in [0.29, 0.717) is 81.6 Å². The second-order valence-corrected chi connectivity index (χ2v) is 11.9. The van der Waals surface area contributed by atoms with Crippen molar-refractivity contribution in [2.45, 2.75) is 0 Å². The lowest BCUT2D eigenvalue weighted by molar-refractivity contribution is 0.311. The number of aliphatic hydroxyl groups is 1. The zero-order chi connectivity index (χ0) is 37.2. The number of benzene rings is 2. The highest BCUT2D eigenvalue weighted by atomic mass is 19.1. The molecule has 0 fully saturated rings. The summed E-state index contributed by atoms with van der Waals surface area (Å²) in [6, 6.07) is 19.1. The molecule has 2 aliphatic rings. The molecule has 0 amide bonds. The van der Waals surface area contributed by atoms with Gasteiger partial charge >= 0.3 is 0 Å². The highest BCUT2D eigenvalue weighted by molar-refractivity contribution is 6.10. The molecule has 54 heavy (non-hydrogen) atoms. The van der Waals surface area contributed by atoms with Gasteiger partial charge in [-0.25, -0.2) is 38.7 Å². The number of aromatic nitrogens is 8. The van der Waals surface area contributed by atoms with Crippen LogP contribution in [-0.2, 0) is 0 Å². The molecular weight excluding hydrogens is 698 g/mol. The van der Waals surface area contributed by atoms with Gasteiger partial charge in [0.25, 0.3) is 0 Å². The number of aliphatic imine (C=N–C) groups is 2. The van der Waals surface area contributed by atoms with E-state index in [1.54, 1.807) is 71.4 Å². The molecule has 5 aromatic heterocycles. The molecule has 2 aliphatic heterocycles. The maximum atomic E-state index is 13.9. The van der Waals surface area contributed by atoms with Gasteiger partial charge in [0.15, 0.2) is 34.3 Å². The number of halogens is 2. The van der Waals surface area contributed by atoms with Crippen molar-refractivity contribution in [3.05, 3.63) is 119 Å². The fraction of sp³-hybridized carbons (Fsp3) is 0.135. The molecule has 0 saturated heterocycles. The van der Waals surface area contributed by atoms with Crippen LogP contribution in [0.3, 0.4) is 0 Å². The Morgan fingerprint density at radius 2 is 1.67 bits per heavy atom. The molecule has 17 heteroatoms. The molecule has 0 radical (unpaired) electrons. The number of amidine groups is 1. The standard InChI is InChI=1S/C19H17FN6O2.C18H13FN6O/c1-28-15-6-5-14(10-22-15)26-18(12-3-2-4-13(20)9-12)25-16-17(21-7-8-27)23-11-24-19(16)26;19-12-3-1-2-11(8-12)16-23-15-17-20-6-7-24(17)10-22-18(15)25(16)13-4-5-14(26)21-9-13/h2-6,9-11,27H,7-8H2,1H3,(H,21,23,24);1-5,8-10H,6-7H2,(H,21,26). The highest BCUT2D eigenvalue weighted by Gasteiger charge is 2.31. The van der Waals surface area contributed by atoms with Crippen LogP contribution >= 0.6 is 0 Å². The van der Waals surface area contributed by atoms with E-state index in [9.17, 15) is 13.6 Å². The molecule has 9 rings (SSSR count). The number of H-pyrrole nitrogens is 1. The lowest BCUT2D eigenvalue weighted by Crippen LogP contribution is -2.29. The lowest BCUT2D eigenvalue weighted by Gasteiger charge is -2.18. The first kappa shape index (κ1) is 34.0. The van der Waals surface area contributed by atoms with E-state index in [0.717, 1.165) is 12.4 Å². The molecule has 0 saturated carbocycles. The normalized spacial score (nSPS) is 12.9. The number of imidazole rings is 2. The number of aromatic amines is 1. The summed E-state index contributed by atoms with van der Waals surface area (Å²) in [6.07, 6.45) is 6.36. The van der Waals surface area contributed by atoms with Crippen LogP contribution in [0, 0.1) is 11.6 Å². The van der Waals surface area contributed by atoms with Crippen molar-refractivity contribution in [2.24, 2.45) is 9.98 Å². The Labute approximate surface area is 305 Å². The summed E-state index contributed by atoms with van der Waals surface area (Å²) in [6.45, 7) is 1.71. The Morgan fingerprint density at radius 3 is 2.33 bits per heavy atom. The van der Waals surface area contributed by atoms with Crippen molar-refractivity contribution >= 4 is 35.0 Å². The van der Waals surface area contributed by atoms with Gasteiger partial charge in [-0.2, -0.15) is 0 Å². The number of rotatable bonds is 8. The van der Waals surface area contributed by atoms with E-state index in [2.05, 4.69) is 40.2 Å². The molecule has 0 bridgehead atoms. The minimum absolute atomic E-state index is 0.0502. The Balaban J connectivity index is 0.000000153. The number of hydrogen-bond donors (Lipinski definition) is 3. The largest absolute Gasteiger partial charge is 0.481 e. The number of hydrogen-bond acceptors (Lipinski definition) is 12. The molecule has 0 unspecified atom stereocenters. The van der Waals surface area contributed by atoms with Gasteiger partial charge in [0.05, 0.1) is 44.2 Å². The number of nitrogens with zero attached hydrogens (tertiary/aromatic N) is 10. The molecule has 0 atom stereocenters. The van der Waals surface area contributed by atoms with Crippen LogP contribution in [0.2, 0.25) is 0 Å². The number of nitrogens with one attached hydrogen (secondary N) is 2. The summed E-state index contributed by atoms with van der Waals surface area (Å²) in [5.41, 5.74) is 4.05. The van der Waals surface area contributed by atoms with Crippen LogP contribution in [0.1, 0.15) is 5.69 Å². The van der Waals surface area contributed by atoms with Crippen LogP contribution in [0.5, 0.6) is 5.88 Å². The van der Waals surface area contributed by atoms with Gasteiger partial charge in [-0.3, -0.25) is 18.9 Å². The molecule has 270 valence electrons. The topological polar surface area (TPSA) is 177 Å². The molecule has 7 aromatic rings. The van der Waals surface area contributed by atoms with E-state index in [1.165, 1.54) is 36.7 Å². The predicted molar refractivity (Wildman–Crippen MR) is 198 cm³/mol. The zero-order valence-corrected chi connectivity index (χ0v) is 28.6. The summed E-state index contributed by atoms with van der Waals surface area (Å²) in [4.78, 5) is 47.3. The quantitative estimate of drug-likeness (QED) is 0.202. The third-order valence-electron chi connectivity index (χ3n) is 8.49. The Bertz CT molecular complexity index is 2600. The second-order valence-electron chi connectivity index (χ2n) is 11.9. The Morgan fingerprint density at radius 1 is 0.907 bits per heavy atom. The smallest absolute Gasteiger partial charge is 0.248 e. The molecule has 3 N–H and O–H groups in total. The van der Waals surface area contributed by atoms with E-state index >= 15 is 0 Å². The molecule has 2 aromatic carbocycles. The molecule has 0 spiro atoms. The van der Waals surface area contributed by atoms with Crippen molar-refractivity contribution in [2.75, 3.05) is 38.7 Å². The van der Waals surface area contributed by atoms with Crippen molar-refractivity contribution in [1.82, 2.24) is 43.9 Å². The van der Waals surface area contributed by atoms with Gasteiger partial charge in [-0.15, -0.1) is 0 Å². The van der Waals surface area contributed by atoms with Crippen molar-refractivity contribution in [1.29, 1.82) is 0 Å². The van der Waals surface area contributed by atoms with Crippen LogP contribution in [0.25, 0.3) is 45.3 Å². The SMILES string of the molecule is COc1ccc(-n2c(-c3cccc(F)c3)nc3c(NCCO)ncnc32)cn1.O=c1ccc(-n2c(-c3cccc(F)c3)nc3c2N=CN2CCN=C32)c[nH]1. The van der Waals surface area contributed by atoms with Gasteiger partial charge < -0.3 is 25.0 Å². The van der Waals surface area contributed by atoms with Crippen LogP contribution in [-0.4, -0.2) is 94.6 Å². The minimum Gasteiger partial charge on any atom is -0.481 e. The van der Waals surface area contributed by atoms with E-state index in [-0.39, 0.29) is 23.8 Å². The average molecular weight is 729 g/mol. The Kier molecular flexibility index (Phi) is 9.10. The minimum atomic E-state index is -0.367. The third-order valence-corrected chi connectivity index (χ3v) is 8.49. The van der Waals surface area contributed by atoms with E-state index in [4.69, 9.17) is 14.8 Å². The first-order valence-electron chi connectivity index (χ1n) is 16.7. The first-order valence-corrected chi connectivity index (χ1v) is 16.7. The number of pyridine rings is 2. The molecule has 15 nitrogen and oxygen atoms in total.